The Hall–Kier alpha value is -0.100. The van der Waals surface area contributed by atoms with E-state index in [0.717, 1.165) is 6.42 Å². The molecular weight excluding hydrogens is 356 g/mol. The van der Waals surface area contributed by atoms with E-state index in [1.807, 2.05) is 0 Å². The molecule has 0 unspecified atom stereocenters. The van der Waals surface area contributed by atoms with Crippen LogP contribution in [-0.4, -0.2) is 34.8 Å². The van der Waals surface area contributed by atoms with Gasteiger partial charge in [0.25, 0.3) is 0 Å². The predicted molar refractivity (Wildman–Crippen MR) is 72.5 cm³/mol. The standard InChI is InChI=1S/C11H18Br2O4/c1-3-16-10(14)8(12)6-5-7-9(13)11(15)17-4-2/h8-9H,3-7H2,1-2H3/t8-,9-/m1/s1. The van der Waals surface area contributed by atoms with Crippen LogP contribution in [0.15, 0.2) is 0 Å². The number of esters is 2. The first kappa shape index (κ1) is 16.9. The second kappa shape index (κ2) is 9.88. The average Bonchev–Trinajstić information content (AvgIpc) is 2.29. The Balaban J connectivity index is 3.75. The quantitative estimate of drug-likeness (QED) is 0.485. The number of carbonyl (C=O) groups is 2. The minimum Gasteiger partial charge on any atom is -0.465 e. The van der Waals surface area contributed by atoms with Crippen molar-refractivity contribution >= 4 is 43.8 Å². The molecule has 0 saturated heterocycles. The van der Waals surface area contributed by atoms with E-state index in [4.69, 9.17) is 9.47 Å². The van der Waals surface area contributed by atoms with Gasteiger partial charge in [-0.1, -0.05) is 38.3 Å². The molecule has 0 heterocycles. The van der Waals surface area contributed by atoms with Crippen molar-refractivity contribution in [3.05, 3.63) is 0 Å². The summed E-state index contributed by atoms with van der Waals surface area (Å²) in [6.45, 7) is 4.30. The Morgan fingerprint density at radius 1 is 0.941 bits per heavy atom. The van der Waals surface area contributed by atoms with Gasteiger partial charge in [0, 0.05) is 0 Å². The molecule has 0 spiro atoms. The van der Waals surface area contributed by atoms with Crippen LogP contribution in [0.4, 0.5) is 0 Å². The molecule has 0 aromatic rings. The number of halogens is 2. The van der Waals surface area contributed by atoms with Crippen LogP contribution in [0.3, 0.4) is 0 Å². The maximum atomic E-state index is 11.3. The first-order valence-electron chi connectivity index (χ1n) is 5.64. The number of ether oxygens (including phenoxy) is 2. The van der Waals surface area contributed by atoms with Gasteiger partial charge in [0.05, 0.1) is 13.2 Å². The van der Waals surface area contributed by atoms with Crippen molar-refractivity contribution in [2.75, 3.05) is 13.2 Å². The summed E-state index contributed by atoms with van der Waals surface area (Å²) in [5, 5.41) is 0. The van der Waals surface area contributed by atoms with Crippen LogP contribution < -0.4 is 0 Å². The molecule has 0 radical (unpaired) electrons. The maximum absolute atomic E-state index is 11.3. The second-order valence-corrected chi connectivity index (χ2v) is 5.58. The van der Waals surface area contributed by atoms with Crippen molar-refractivity contribution in [1.29, 1.82) is 0 Å². The van der Waals surface area contributed by atoms with Crippen LogP contribution in [0.1, 0.15) is 33.1 Å². The summed E-state index contributed by atoms with van der Waals surface area (Å²) in [5.41, 5.74) is 0. The molecule has 0 amide bonds. The fourth-order valence-corrected chi connectivity index (χ4v) is 2.09. The van der Waals surface area contributed by atoms with Gasteiger partial charge in [-0.15, -0.1) is 0 Å². The lowest BCUT2D eigenvalue weighted by Crippen LogP contribution is -2.20. The summed E-state index contributed by atoms with van der Waals surface area (Å²) in [6.07, 6.45) is 2.02. The lowest BCUT2D eigenvalue weighted by molar-refractivity contribution is -0.142. The van der Waals surface area contributed by atoms with Crippen LogP contribution in [0.5, 0.6) is 0 Å². The van der Waals surface area contributed by atoms with E-state index in [1.54, 1.807) is 13.8 Å². The summed E-state index contributed by atoms with van der Waals surface area (Å²) in [7, 11) is 0. The average molecular weight is 374 g/mol. The molecule has 100 valence electrons. The highest BCUT2D eigenvalue weighted by atomic mass is 79.9. The van der Waals surface area contributed by atoms with Crippen LogP contribution in [0.25, 0.3) is 0 Å². The summed E-state index contributed by atoms with van der Waals surface area (Å²) < 4.78 is 9.72. The van der Waals surface area contributed by atoms with Crippen LogP contribution in [0, 0.1) is 0 Å². The number of hydrogen-bond donors (Lipinski definition) is 0. The third-order valence-corrected chi connectivity index (χ3v) is 3.66. The van der Waals surface area contributed by atoms with Crippen molar-refractivity contribution < 1.29 is 19.1 Å². The molecule has 0 N–H and O–H groups in total. The lowest BCUT2D eigenvalue weighted by atomic mass is 10.1. The minimum absolute atomic E-state index is 0.255. The molecular formula is C11H18Br2O4. The van der Waals surface area contributed by atoms with Crippen LogP contribution in [-0.2, 0) is 19.1 Å². The van der Waals surface area contributed by atoms with Crippen molar-refractivity contribution in [3.8, 4) is 0 Å². The molecule has 2 atom stereocenters. The summed E-state index contributed by atoms with van der Waals surface area (Å²) in [4.78, 5) is 22.0. The van der Waals surface area contributed by atoms with Gasteiger partial charge in [-0.25, -0.2) is 0 Å². The zero-order valence-electron chi connectivity index (χ0n) is 10.1. The molecule has 4 nitrogen and oxygen atoms in total. The molecule has 0 aliphatic carbocycles. The number of hydrogen-bond acceptors (Lipinski definition) is 4. The fourth-order valence-electron chi connectivity index (χ4n) is 1.18. The Bertz CT molecular complexity index is 222. The Morgan fingerprint density at radius 2 is 1.29 bits per heavy atom. The number of alkyl halides is 2. The van der Waals surface area contributed by atoms with E-state index in [2.05, 4.69) is 31.9 Å². The molecule has 0 fully saturated rings. The van der Waals surface area contributed by atoms with Crippen molar-refractivity contribution in [3.63, 3.8) is 0 Å². The highest BCUT2D eigenvalue weighted by Crippen LogP contribution is 2.17. The van der Waals surface area contributed by atoms with Gasteiger partial charge < -0.3 is 9.47 Å². The minimum atomic E-state index is -0.302. The molecule has 0 aliphatic heterocycles. The fraction of sp³-hybridized carbons (Fsp3) is 0.818. The van der Waals surface area contributed by atoms with Gasteiger partial charge in [0.15, 0.2) is 0 Å². The van der Waals surface area contributed by atoms with E-state index in [1.165, 1.54) is 0 Å². The highest BCUT2D eigenvalue weighted by molar-refractivity contribution is 9.10. The predicted octanol–water partition coefficient (Wildman–Crippen LogP) is 2.81. The summed E-state index contributed by atoms with van der Waals surface area (Å²) >= 11 is 6.51. The van der Waals surface area contributed by atoms with Gasteiger partial charge in [-0.05, 0) is 26.7 Å². The topological polar surface area (TPSA) is 52.6 Å². The van der Waals surface area contributed by atoms with Crippen LogP contribution in [0.2, 0.25) is 0 Å². The Labute approximate surface area is 119 Å². The maximum Gasteiger partial charge on any atom is 0.319 e. The number of carbonyl (C=O) groups excluding carboxylic acids is 2. The van der Waals surface area contributed by atoms with Crippen molar-refractivity contribution in [2.45, 2.75) is 42.8 Å². The zero-order valence-corrected chi connectivity index (χ0v) is 13.3. The zero-order chi connectivity index (χ0) is 13.3. The Kier molecular flexibility index (Phi) is 9.82. The second-order valence-electron chi connectivity index (χ2n) is 3.37. The van der Waals surface area contributed by atoms with Gasteiger partial charge in [0.1, 0.15) is 9.65 Å². The van der Waals surface area contributed by atoms with Gasteiger partial charge in [-0.2, -0.15) is 0 Å². The van der Waals surface area contributed by atoms with E-state index in [0.29, 0.717) is 26.1 Å². The molecule has 6 heteroatoms. The van der Waals surface area contributed by atoms with Gasteiger partial charge in [-0.3, -0.25) is 9.59 Å². The van der Waals surface area contributed by atoms with Gasteiger partial charge in [0.2, 0.25) is 0 Å². The van der Waals surface area contributed by atoms with Gasteiger partial charge >= 0.3 is 11.9 Å². The Morgan fingerprint density at radius 3 is 1.59 bits per heavy atom. The molecule has 0 saturated carbocycles. The highest BCUT2D eigenvalue weighted by Gasteiger charge is 2.19. The first-order chi connectivity index (χ1) is 8.02. The van der Waals surface area contributed by atoms with E-state index in [-0.39, 0.29) is 21.6 Å². The third kappa shape index (κ3) is 7.76. The number of rotatable bonds is 8. The van der Waals surface area contributed by atoms with E-state index in [9.17, 15) is 9.59 Å². The lowest BCUT2D eigenvalue weighted by Gasteiger charge is -2.11. The molecule has 0 aromatic heterocycles. The molecule has 0 bridgehead atoms. The molecule has 17 heavy (non-hydrogen) atoms. The smallest absolute Gasteiger partial charge is 0.319 e. The van der Waals surface area contributed by atoms with E-state index >= 15 is 0 Å². The monoisotopic (exact) mass is 372 g/mol. The van der Waals surface area contributed by atoms with Crippen LogP contribution >= 0.6 is 31.9 Å². The third-order valence-electron chi connectivity index (χ3n) is 2.00. The molecule has 0 aromatic carbocycles. The molecule has 0 aliphatic rings. The molecule has 0 rings (SSSR count). The largest absolute Gasteiger partial charge is 0.465 e. The first-order valence-corrected chi connectivity index (χ1v) is 7.47. The normalized spacial score (nSPS) is 13.9. The van der Waals surface area contributed by atoms with E-state index < -0.39 is 0 Å². The SMILES string of the molecule is CCOC(=O)[C@H](Br)CCC[C@@H](Br)C(=O)OCC. The summed E-state index contributed by atoms with van der Waals surface area (Å²) in [5.74, 6) is -0.510. The summed E-state index contributed by atoms with van der Waals surface area (Å²) in [6, 6.07) is 0. The van der Waals surface area contributed by atoms with Crippen molar-refractivity contribution in [1.82, 2.24) is 0 Å². The van der Waals surface area contributed by atoms with Crippen molar-refractivity contribution in [2.24, 2.45) is 0 Å².